The lowest BCUT2D eigenvalue weighted by atomic mass is 10.1. The van der Waals surface area contributed by atoms with Gasteiger partial charge in [0.15, 0.2) is 0 Å². The number of rotatable bonds is 9. The summed E-state index contributed by atoms with van der Waals surface area (Å²) in [5.74, 6) is -0.453. The van der Waals surface area contributed by atoms with Crippen molar-refractivity contribution in [3.63, 3.8) is 0 Å². The van der Waals surface area contributed by atoms with E-state index in [1.54, 1.807) is 53.4 Å². The maximum Gasteiger partial charge on any atom is 0.410 e. The number of alkyl carbamates (subject to hydrolysis) is 1. The van der Waals surface area contributed by atoms with Gasteiger partial charge in [0.05, 0.1) is 26.0 Å². The van der Waals surface area contributed by atoms with Gasteiger partial charge in [0.1, 0.15) is 11.6 Å². The zero-order chi connectivity index (χ0) is 24.5. The van der Waals surface area contributed by atoms with E-state index in [9.17, 15) is 18.9 Å². The summed E-state index contributed by atoms with van der Waals surface area (Å²) in [6.45, 7) is 13.2. The monoisotopic (exact) mass is 479 g/mol. The molecule has 3 amide bonds. The van der Waals surface area contributed by atoms with Gasteiger partial charge in [0.25, 0.3) is 0 Å². The van der Waals surface area contributed by atoms with Crippen molar-refractivity contribution in [1.82, 2.24) is 15.1 Å². The van der Waals surface area contributed by atoms with Crippen molar-refractivity contribution in [1.29, 1.82) is 0 Å². The molecule has 0 bridgehead atoms. The molecule has 0 aliphatic carbocycles. The van der Waals surface area contributed by atoms with Crippen LogP contribution < -0.4 is 5.32 Å². The van der Waals surface area contributed by atoms with E-state index in [2.05, 4.69) is 5.32 Å². The molecule has 12 heteroatoms. The molecule has 0 saturated carbocycles. The van der Waals surface area contributed by atoms with Crippen LogP contribution in [0.2, 0.25) is 0 Å². The number of amides is 3. The number of carbonyl (C=O) groups excluding carboxylic acids is 3. The molecule has 1 aliphatic heterocycles. The van der Waals surface area contributed by atoms with Crippen LogP contribution in [-0.2, 0) is 27.9 Å². The fourth-order valence-corrected chi connectivity index (χ4v) is 5.02. The molecule has 0 radical (unpaired) electrons. The van der Waals surface area contributed by atoms with Crippen LogP contribution >= 0.6 is 7.60 Å². The van der Waals surface area contributed by atoms with Gasteiger partial charge in [-0.3, -0.25) is 9.36 Å². The lowest BCUT2D eigenvalue weighted by molar-refractivity contribution is -0.135. The van der Waals surface area contributed by atoms with Crippen molar-refractivity contribution in [3.05, 3.63) is 0 Å². The van der Waals surface area contributed by atoms with Crippen LogP contribution in [0.25, 0.3) is 0 Å². The van der Waals surface area contributed by atoms with E-state index < -0.39 is 37.3 Å². The predicted octanol–water partition coefficient (Wildman–Crippen LogP) is 2.84. The molecule has 1 heterocycles. The minimum atomic E-state index is -3.64. The highest BCUT2D eigenvalue weighted by atomic mass is 31.2. The third-order valence-corrected chi connectivity index (χ3v) is 6.60. The van der Waals surface area contributed by atoms with Gasteiger partial charge in [-0.2, -0.15) is 0 Å². The van der Waals surface area contributed by atoms with E-state index in [1.807, 2.05) is 0 Å². The van der Waals surface area contributed by atoms with Crippen LogP contribution in [0.3, 0.4) is 0 Å². The largest absolute Gasteiger partial charge is 0.450 e. The third kappa shape index (κ3) is 8.96. The van der Waals surface area contributed by atoms with Crippen molar-refractivity contribution in [2.24, 2.45) is 0 Å². The number of nitrogens with one attached hydrogen (secondary N) is 1. The summed E-state index contributed by atoms with van der Waals surface area (Å²) < 4.78 is 34.0. The molecule has 32 heavy (non-hydrogen) atoms. The second-order valence-corrected chi connectivity index (χ2v) is 10.5. The molecule has 1 aliphatic rings. The van der Waals surface area contributed by atoms with E-state index in [0.29, 0.717) is 0 Å². The van der Waals surface area contributed by atoms with Crippen LogP contribution in [0.4, 0.5) is 9.59 Å². The Morgan fingerprint density at radius 2 is 1.66 bits per heavy atom. The molecular formula is C20H38N3O8P. The van der Waals surface area contributed by atoms with E-state index >= 15 is 0 Å². The molecule has 1 saturated heterocycles. The summed E-state index contributed by atoms with van der Waals surface area (Å²) in [5, 5.41) is 2.52. The van der Waals surface area contributed by atoms with Crippen LogP contribution in [0, 0.1) is 0 Å². The molecule has 186 valence electrons. The Morgan fingerprint density at radius 1 is 1.06 bits per heavy atom. The fraction of sp³-hybridized carbons (Fsp3) is 0.850. The number of nitrogens with zero attached hydrogens (tertiary/aromatic N) is 2. The minimum absolute atomic E-state index is 0.125. The number of carbonyl (C=O) groups is 3. The van der Waals surface area contributed by atoms with E-state index in [0.717, 1.165) is 0 Å². The molecule has 2 unspecified atom stereocenters. The normalized spacial score (nSPS) is 18.2. The number of piperazine rings is 1. The average Bonchev–Trinajstić information content (AvgIpc) is 2.65. The molecule has 0 spiro atoms. The van der Waals surface area contributed by atoms with E-state index in [1.165, 1.54) is 4.90 Å². The lowest BCUT2D eigenvalue weighted by Gasteiger charge is -2.40. The topological polar surface area (TPSA) is 124 Å². The Bertz CT molecular complexity index is 687. The lowest BCUT2D eigenvalue weighted by Crippen LogP contribution is -2.59. The second-order valence-electron chi connectivity index (χ2n) is 8.35. The summed E-state index contributed by atoms with van der Waals surface area (Å²) in [6.07, 6.45) is -1.58. The zero-order valence-corrected chi connectivity index (χ0v) is 21.1. The Kier molecular flexibility index (Phi) is 10.9. The van der Waals surface area contributed by atoms with Crippen molar-refractivity contribution >= 4 is 25.7 Å². The molecule has 1 N–H and O–H groups in total. The number of hydrogen-bond acceptors (Lipinski definition) is 8. The summed E-state index contributed by atoms with van der Waals surface area (Å²) in [4.78, 5) is 40.9. The highest BCUT2D eigenvalue weighted by Gasteiger charge is 2.39. The molecule has 0 aromatic carbocycles. The standard InChI is InChI=1S/C20H38N3O8P/c1-8-28-19(26)23-12-11-22(13-15(23)4)17(24)16(21-18(25)31-20(5,6)7)14-32(27,29-9-2)30-10-3/h15-16H,8-14H2,1-7H3,(H,21,25). The Morgan fingerprint density at radius 3 is 2.12 bits per heavy atom. The van der Waals surface area contributed by atoms with Gasteiger partial charge in [-0.05, 0) is 48.5 Å². The van der Waals surface area contributed by atoms with Gasteiger partial charge >= 0.3 is 19.8 Å². The Hall–Kier alpha value is -1.84. The minimum Gasteiger partial charge on any atom is -0.450 e. The van der Waals surface area contributed by atoms with Crippen LogP contribution in [0.5, 0.6) is 0 Å². The maximum atomic E-state index is 13.3. The van der Waals surface area contributed by atoms with Crippen LogP contribution in [0.1, 0.15) is 48.5 Å². The van der Waals surface area contributed by atoms with Gasteiger partial charge in [-0.25, -0.2) is 9.59 Å². The molecule has 1 rings (SSSR count). The third-order valence-electron chi connectivity index (χ3n) is 4.49. The van der Waals surface area contributed by atoms with Crippen molar-refractivity contribution < 1.29 is 37.5 Å². The highest BCUT2D eigenvalue weighted by Crippen LogP contribution is 2.48. The molecule has 2 atom stereocenters. The summed E-state index contributed by atoms with van der Waals surface area (Å²) in [7, 11) is -3.64. The van der Waals surface area contributed by atoms with Crippen molar-refractivity contribution in [2.45, 2.75) is 66.2 Å². The van der Waals surface area contributed by atoms with Gasteiger partial charge in [-0.15, -0.1) is 0 Å². The van der Waals surface area contributed by atoms with Gasteiger partial charge in [0.2, 0.25) is 5.91 Å². The van der Waals surface area contributed by atoms with Gasteiger partial charge in [0, 0.05) is 25.7 Å². The fourth-order valence-electron chi connectivity index (χ4n) is 3.25. The van der Waals surface area contributed by atoms with E-state index in [4.69, 9.17) is 18.5 Å². The maximum absolute atomic E-state index is 13.3. The highest BCUT2D eigenvalue weighted by molar-refractivity contribution is 7.54. The second kappa shape index (κ2) is 12.4. The first-order valence-electron chi connectivity index (χ1n) is 11.0. The molecule has 11 nitrogen and oxygen atoms in total. The first-order valence-corrected chi connectivity index (χ1v) is 12.7. The smallest absolute Gasteiger partial charge is 0.410 e. The van der Waals surface area contributed by atoms with Crippen LogP contribution in [-0.4, -0.2) is 91.2 Å². The summed E-state index contributed by atoms with van der Waals surface area (Å²) in [6, 6.07) is -1.48. The van der Waals surface area contributed by atoms with E-state index in [-0.39, 0.29) is 51.7 Å². The molecule has 1 fully saturated rings. The quantitative estimate of drug-likeness (QED) is 0.501. The first kappa shape index (κ1) is 28.2. The van der Waals surface area contributed by atoms with Gasteiger partial charge < -0.3 is 33.6 Å². The summed E-state index contributed by atoms with van der Waals surface area (Å²) >= 11 is 0. The van der Waals surface area contributed by atoms with Crippen LogP contribution in [0.15, 0.2) is 0 Å². The Labute approximate surface area is 190 Å². The van der Waals surface area contributed by atoms with Crippen molar-refractivity contribution in [3.8, 4) is 0 Å². The first-order chi connectivity index (χ1) is 14.9. The van der Waals surface area contributed by atoms with Crippen molar-refractivity contribution in [2.75, 3.05) is 45.6 Å². The zero-order valence-electron chi connectivity index (χ0n) is 20.2. The molecule has 0 aromatic heterocycles. The molecular weight excluding hydrogens is 441 g/mol. The summed E-state index contributed by atoms with van der Waals surface area (Å²) in [5.41, 5.74) is -0.777. The average molecular weight is 480 g/mol. The number of ether oxygens (including phenoxy) is 2. The Balaban J connectivity index is 3.02. The number of hydrogen-bond donors (Lipinski definition) is 1. The van der Waals surface area contributed by atoms with Gasteiger partial charge in [-0.1, -0.05) is 0 Å². The molecule has 0 aromatic rings. The predicted molar refractivity (Wildman–Crippen MR) is 119 cm³/mol. The SMILES string of the molecule is CCOC(=O)N1CCN(C(=O)C(CP(=O)(OCC)OCC)NC(=O)OC(C)(C)C)CC1C.